The van der Waals surface area contributed by atoms with E-state index in [-0.39, 0.29) is 16.5 Å². The van der Waals surface area contributed by atoms with E-state index in [0.717, 1.165) is 12.0 Å². The van der Waals surface area contributed by atoms with E-state index in [1.165, 1.54) is 48.0 Å². The molecule has 1 N–H and O–H groups in total. The van der Waals surface area contributed by atoms with Crippen molar-refractivity contribution in [3.63, 3.8) is 0 Å². The Hall–Kier alpha value is -3.45. The van der Waals surface area contributed by atoms with Crippen LogP contribution in [-0.4, -0.2) is 32.3 Å². The minimum Gasteiger partial charge on any atom is -0.335 e. The van der Waals surface area contributed by atoms with Gasteiger partial charge in [-0.15, -0.1) is 0 Å². The van der Waals surface area contributed by atoms with Gasteiger partial charge in [0.05, 0.1) is 10.6 Å². The molecule has 0 bridgehead atoms. The van der Waals surface area contributed by atoms with Gasteiger partial charge in [-0.2, -0.15) is 0 Å². The van der Waals surface area contributed by atoms with Gasteiger partial charge in [0.25, 0.3) is 15.9 Å². The third kappa shape index (κ3) is 4.67. The molecule has 1 aliphatic rings. The molecule has 158 valence electrons. The molecule has 7 heteroatoms. The second kappa shape index (κ2) is 8.73. The van der Waals surface area contributed by atoms with Gasteiger partial charge in [0.2, 0.25) is 0 Å². The number of rotatable bonds is 5. The molecule has 0 saturated carbocycles. The third-order valence-electron chi connectivity index (χ3n) is 5.17. The predicted octanol–water partition coefficient (Wildman–Crippen LogP) is 4.56. The molecule has 0 aromatic heterocycles. The van der Waals surface area contributed by atoms with Gasteiger partial charge in [0, 0.05) is 18.7 Å². The zero-order chi connectivity index (χ0) is 21.8. The van der Waals surface area contributed by atoms with E-state index >= 15 is 0 Å². The fourth-order valence-electron chi connectivity index (χ4n) is 3.47. The highest BCUT2D eigenvalue weighted by Gasteiger charge is 2.21. The summed E-state index contributed by atoms with van der Waals surface area (Å²) in [7, 11) is -3.97. The molecule has 0 unspecified atom stereocenters. The third-order valence-corrected chi connectivity index (χ3v) is 6.55. The summed E-state index contributed by atoms with van der Waals surface area (Å²) in [6, 6.07) is 21.3. The minimum absolute atomic E-state index is 0.0443. The molecule has 0 atom stereocenters. The van der Waals surface area contributed by atoms with Crippen molar-refractivity contribution in [1.29, 1.82) is 0 Å². The first-order valence-corrected chi connectivity index (χ1v) is 11.3. The Morgan fingerprint density at radius 1 is 0.903 bits per heavy atom. The lowest BCUT2D eigenvalue weighted by Gasteiger charge is -2.27. The molecule has 1 aliphatic heterocycles. The number of sulfonamides is 1. The second-order valence-corrected chi connectivity index (χ2v) is 8.89. The van der Waals surface area contributed by atoms with Crippen LogP contribution in [0, 0.1) is 5.82 Å². The predicted molar refractivity (Wildman–Crippen MR) is 119 cm³/mol. The Balaban J connectivity index is 1.45. The van der Waals surface area contributed by atoms with E-state index in [4.69, 9.17) is 0 Å². The van der Waals surface area contributed by atoms with Gasteiger partial charge in [0.15, 0.2) is 0 Å². The lowest BCUT2D eigenvalue weighted by molar-refractivity contribution is 0.0772. The number of carbonyl (C=O) groups is 1. The van der Waals surface area contributed by atoms with Crippen LogP contribution in [0.5, 0.6) is 0 Å². The van der Waals surface area contributed by atoms with Crippen LogP contribution in [0.2, 0.25) is 0 Å². The Labute approximate surface area is 180 Å². The Bertz CT molecular complexity index is 1220. The average molecular weight is 437 g/mol. The zero-order valence-electron chi connectivity index (χ0n) is 16.7. The molecule has 3 aromatic carbocycles. The maximum atomic E-state index is 13.8. The van der Waals surface area contributed by atoms with Crippen LogP contribution >= 0.6 is 0 Å². The molecular formula is C24H21FN2O3S. The maximum Gasteiger partial charge on any atom is 0.261 e. The van der Waals surface area contributed by atoms with Crippen LogP contribution < -0.4 is 4.72 Å². The fraction of sp³-hybridized carbons (Fsp3) is 0.125. The number of hydrogen-bond donors (Lipinski definition) is 1. The molecule has 1 amide bonds. The van der Waals surface area contributed by atoms with E-state index in [1.807, 2.05) is 24.3 Å². The molecule has 3 aromatic rings. The number of halogens is 1. The number of carbonyl (C=O) groups excluding carboxylic acids is 1. The van der Waals surface area contributed by atoms with Gasteiger partial charge in [-0.1, -0.05) is 48.5 Å². The van der Waals surface area contributed by atoms with Crippen LogP contribution in [0.15, 0.2) is 89.8 Å². The van der Waals surface area contributed by atoms with Crippen molar-refractivity contribution in [2.24, 2.45) is 0 Å². The zero-order valence-corrected chi connectivity index (χ0v) is 17.5. The first-order chi connectivity index (χ1) is 14.9. The van der Waals surface area contributed by atoms with E-state index in [1.54, 1.807) is 11.0 Å². The normalized spacial score (nSPS) is 14.1. The number of hydrogen-bond acceptors (Lipinski definition) is 3. The topological polar surface area (TPSA) is 66.5 Å². The van der Waals surface area contributed by atoms with Crippen molar-refractivity contribution in [3.8, 4) is 0 Å². The van der Waals surface area contributed by atoms with E-state index in [2.05, 4.69) is 16.9 Å². The summed E-state index contributed by atoms with van der Waals surface area (Å²) in [5, 5.41) is 0. The molecule has 1 heterocycles. The van der Waals surface area contributed by atoms with Gasteiger partial charge in [-0.05, 0) is 54.0 Å². The highest BCUT2D eigenvalue weighted by Crippen LogP contribution is 2.24. The van der Waals surface area contributed by atoms with E-state index in [0.29, 0.717) is 18.7 Å². The molecule has 0 spiro atoms. The fourth-order valence-corrected chi connectivity index (χ4v) is 4.54. The van der Waals surface area contributed by atoms with Crippen LogP contribution in [0.3, 0.4) is 0 Å². The number of anilines is 1. The van der Waals surface area contributed by atoms with Crippen molar-refractivity contribution in [1.82, 2.24) is 4.90 Å². The van der Waals surface area contributed by atoms with Crippen LogP contribution in [0.25, 0.3) is 5.57 Å². The Morgan fingerprint density at radius 3 is 2.23 bits per heavy atom. The van der Waals surface area contributed by atoms with Crippen molar-refractivity contribution in [2.75, 3.05) is 17.8 Å². The van der Waals surface area contributed by atoms with Gasteiger partial charge in [-0.25, -0.2) is 12.8 Å². The van der Waals surface area contributed by atoms with Crippen LogP contribution in [0.4, 0.5) is 10.1 Å². The number of benzene rings is 3. The highest BCUT2D eigenvalue weighted by atomic mass is 32.2. The Kier molecular flexibility index (Phi) is 5.86. The van der Waals surface area contributed by atoms with Gasteiger partial charge in [-0.3, -0.25) is 9.52 Å². The van der Waals surface area contributed by atoms with Crippen LogP contribution in [-0.2, 0) is 10.0 Å². The maximum absolute atomic E-state index is 13.8. The number of amides is 1. The van der Waals surface area contributed by atoms with Gasteiger partial charge in [0.1, 0.15) is 5.82 Å². The molecule has 4 rings (SSSR count). The minimum atomic E-state index is -3.97. The van der Waals surface area contributed by atoms with Crippen LogP contribution in [0.1, 0.15) is 22.3 Å². The molecular weight excluding hydrogens is 415 g/mol. The summed E-state index contributed by atoms with van der Waals surface area (Å²) in [5.74, 6) is -0.819. The molecule has 31 heavy (non-hydrogen) atoms. The van der Waals surface area contributed by atoms with Gasteiger partial charge < -0.3 is 4.90 Å². The largest absolute Gasteiger partial charge is 0.335 e. The number of nitrogens with one attached hydrogen (secondary N) is 1. The first-order valence-electron chi connectivity index (χ1n) is 9.85. The summed E-state index contributed by atoms with van der Waals surface area (Å²) in [4.78, 5) is 14.5. The lowest BCUT2D eigenvalue weighted by atomic mass is 9.99. The standard InChI is InChI=1S/C24H21FN2O3S/c25-22-8-4-5-9-23(22)26-31(29,30)21-12-10-20(11-13-21)24(28)27-16-14-19(15-17-27)18-6-2-1-3-7-18/h1-14,26H,15-17H2. The van der Waals surface area contributed by atoms with E-state index < -0.39 is 15.8 Å². The molecule has 5 nitrogen and oxygen atoms in total. The summed E-state index contributed by atoms with van der Waals surface area (Å²) >= 11 is 0. The number of para-hydroxylation sites is 1. The monoisotopic (exact) mass is 436 g/mol. The van der Waals surface area contributed by atoms with Crippen molar-refractivity contribution < 1.29 is 17.6 Å². The lowest BCUT2D eigenvalue weighted by Crippen LogP contribution is -2.34. The highest BCUT2D eigenvalue weighted by molar-refractivity contribution is 7.92. The molecule has 0 fully saturated rings. The number of nitrogens with zero attached hydrogens (tertiary/aromatic N) is 1. The quantitative estimate of drug-likeness (QED) is 0.638. The smallest absolute Gasteiger partial charge is 0.261 e. The summed E-state index contributed by atoms with van der Waals surface area (Å²) in [5.41, 5.74) is 2.65. The molecule has 0 radical (unpaired) electrons. The van der Waals surface area contributed by atoms with Crippen molar-refractivity contribution >= 4 is 27.2 Å². The van der Waals surface area contributed by atoms with E-state index in [9.17, 15) is 17.6 Å². The van der Waals surface area contributed by atoms with Gasteiger partial charge >= 0.3 is 0 Å². The molecule has 0 aliphatic carbocycles. The summed E-state index contributed by atoms with van der Waals surface area (Å²) in [6.07, 6.45) is 2.81. The summed E-state index contributed by atoms with van der Waals surface area (Å²) in [6.45, 7) is 1.09. The average Bonchev–Trinajstić information content (AvgIpc) is 2.81. The second-order valence-electron chi connectivity index (χ2n) is 7.21. The van der Waals surface area contributed by atoms with Crippen molar-refractivity contribution in [2.45, 2.75) is 11.3 Å². The molecule has 0 saturated heterocycles. The SMILES string of the molecule is O=C(c1ccc(S(=O)(=O)Nc2ccccc2F)cc1)N1CC=C(c2ccccc2)CC1. The Morgan fingerprint density at radius 2 is 1.58 bits per heavy atom. The first kappa shape index (κ1) is 20.8. The summed E-state index contributed by atoms with van der Waals surface area (Å²) < 4.78 is 41.0. The van der Waals surface area contributed by atoms with Crippen molar-refractivity contribution in [3.05, 3.63) is 102 Å².